The second kappa shape index (κ2) is 6.76. The fraction of sp³-hybridized carbons (Fsp3) is 0.375. The molecular weight excluding hydrogens is 314 g/mol. The number of ether oxygens (including phenoxy) is 1. The van der Waals surface area contributed by atoms with Crippen molar-refractivity contribution in [3.8, 4) is 10.6 Å². The minimum Gasteiger partial charge on any atom is -0.394 e. The van der Waals surface area contributed by atoms with E-state index in [1.807, 2.05) is 29.5 Å². The Kier molecular flexibility index (Phi) is 4.72. The summed E-state index contributed by atoms with van der Waals surface area (Å²) < 4.78 is 5.70. The monoisotopic (exact) mass is 333 g/mol. The van der Waals surface area contributed by atoms with Crippen LogP contribution in [0.1, 0.15) is 12.0 Å². The first-order valence-corrected chi connectivity index (χ1v) is 8.22. The molecule has 23 heavy (non-hydrogen) atoms. The normalized spacial score (nSPS) is 23.9. The zero-order valence-electron chi connectivity index (χ0n) is 12.8. The molecule has 1 saturated heterocycles. The van der Waals surface area contributed by atoms with Gasteiger partial charge in [0.25, 0.3) is 0 Å². The third-order valence-corrected chi connectivity index (χ3v) is 4.85. The second-order valence-corrected chi connectivity index (χ2v) is 6.31. The molecule has 0 amide bonds. The van der Waals surface area contributed by atoms with Crippen LogP contribution in [0.25, 0.3) is 16.6 Å². The van der Waals surface area contributed by atoms with Crippen LogP contribution in [-0.4, -0.2) is 52.3 Å². The molecule has 0 radical (unpaired) electrons. The Morgan fingerprint density at radius 3 is 2.96 bits per heavy atom. The molecule has 1 aliphatic rings. The summed E-state index contributed by atoms with van der Waals surface area (Å²) in [6.07, 6.45) is 2.06. The van der Waals surface area contributed by atoms with E-state index in [0.29, 0.717) is 12.2 Å². The topological polar surface area (TPSA) is 78.7 Å². The molecule has 0 bridgehead atoms. The Hall–Kier alpha value is -1.80. The highest BCUT2D eigenvalue weighted by atomic mass is 32.1. The largest absolute Gasteiger partial charge is 0.394 e. The van der Waals surface area contributed by atoms with E-state index >= 15 is 0 Å². The Bertz CT molecular complexity index is 677. The van der Waals surface area contributed by atoms with Gasteiger partial charge in [0.2, 0.25) is 0 Å². The summed E-state index contributed by atoms with van der Waals surface area (Å²) >= 11 is 1.60. The fourth-order valence-corrected chi connectivity index (χ4v) is 3.46. The maximum Gasteiger partial charge on any atom is 0.141 e. The Morgan fingerprint density at radius 2 is 2.35 bits per heavy atom. The molecular formula is C16H19N3O3S. The average Bonchev–Trinajstić information content (AvgIpc) is 3.22. The van der Waals surface area contributed by atoms with Crippen molar-refractivity contribution in [1.82, 2.24) is 9.97 Å². The maximum absolute atomic E-state index is 9.92. The summed E-state index contributed by atoms with van der Waals surface area (Å²) in [5.41, 5.74) is 1.65. The van der Waals surface area contributed by atoms with Gasteiger partial charge in [-0.2, -0.15) is 0 Å². The van der Waals surface area contributed by atoms with Gasteiger partial charge in [-0.15, -0.1) is 11.3 Å². The quantitative estimate of drug-likeness (QED) is 0.868. The molecule has 2 aromatic heterocycles. The van der Waals surface area contributed by atoms with Gasteiger partial charge < -0.3 is 19.8 Å². The van der Waals surface area contributed by atoms with Gasteiger partial charge in [0, 0.05) is 19.0 Å². The molecule has 7 heteroatoms. The van der Waals surface area contributed by atoms with E-state index in [0.717, 1.165) is 16.1 Å². The van der Waals surface area contributed by atoms with Crippen LogP contribution < -0.4 is 4.90 Å². The van der Waals surface area contributed by atoms with Crippen molar-refractivity contribution in [2.24, 2.45) is 0 Å². The number of hydrogen-bond donors (Lipinski definition) is 2. The standard InChI is InChI=1S/C16H19N3O3S/c1-3-10-15(13-5-4-6-23-13)17-9-18-16(10)19(2)14-7-11(21)12(8-20)22-14/h3-6,9,11-12,14,20-21H,1,7-8H2,2H3/t11-,12+,14+/m0/s1. The number of aromatic nitrogens is 2. The lowest BCUT2D eigenvalue weighted by molar-refractivity contribution is -0.0213. The molecule has 0 spiro atoms. The summed E-state index contributed by atoms with van der Waals surface area (Å²) in [4.78, 5) is 11.6. The van der Waals surface area contributed by atoms with Crippen LogP contribution in [0, 0.1) is 0 Å². The predicted molar refractivity (Wildman–Crippen MR) is 90.2 cm³/mol. The number of rotatable bonds is 5. The number of thiophene rings is 1. The fourth-order valence-electron chi connectivity index (χ4n) is 2.72. The van der Waals surface area contributed by atoms with E-state index < -0.39 is 12.2 Å². The van der Waals surface area contributed by atoms with Crippen molar-refractivity contribution < 1.29 is 14.9 Å². The number of nitrogens with zero attached hydrogens (tertiary/aromatic N) is 3. The third kappa shape index (κ3) is 3.00. The van der Waals surface area contributed by atoms with Crippen molar-refractivity contribution in [2.75, 3.05) is 18.6 Å². The van der Waals surface area contributed by atoms with Crippen LogP contribution in [0.4, 0.5) is 5.82 Å². The van der Waals surface area contributed by atoms with Crippen LogP contribution >= 0.6 is 11.3 Å². The predicted octanol–water partition coefficient (Wildman–Crippen LogP) is 1.75. The summed E-state index contributed by atoms with van der Waals surface area (Å²) in [6, 6.07) is 3.97. The lowest BCUT2D eigenvalue weighted by Gasteiger charge is -2.27. The van der Waals surface area contributed by atoms with Gasteiger partial charge in [-0.1, -0.05) is 18.7 Å². The molecule has 0 saturated carbocycles. The summed E-state index contributed by atoms with van der Waals surface area (Å²) in [7, 11) is 1.85. The molecule has 1 fully saturated rings. The number of aliphatic hydroxyl groups excluding tert-OH is 2. The van der Waals surface area contributed by atoms with Crippen LogP contribution in [0.5, 0.6) is 0 Å². The Labute approximate surface area is 138 Å². The van der Waals surface area contributed by atoms with Gasteiger partial charge in [0.1, 0.15) is 24.5 Å². The average molecular weight is 333 g/mol. The molecule has 122 valence electrons. The SMILES string of the molecule is C=Cc1c(-c2cccs2)ncnc1N(C)[C@H]1C[C@H](O)[C@@H](CO)O1. The van der Waals surface area contributed by atoms with E-state index in [-0.39, 0.29) is 12.8 Å². The highest BCUT2D eigenvalue weighted by molar-refractivity contribution is 7.13. The molecule has 0 aromatic carbocycles. The number of hydrogen-bond acceptors (Lipinski definition) is 7. The van der Waals surface area contributed by atoms with Crippen molar-refractivity contribution in [3.63, 3.8) is 0 Å². The van der Waals surface area contributed by atoms with E-state index in [1.165, 1.54) is 6.33 Å². The van der Waals surface area contributed by atoms with Gasteiger partial charge >= 0.3 is 0 Å². The summed E-state index contributed by atoms with van der Waals surface area (Å²) in [6.45, 7) is 3.68. The Morgan fingerprint density at radius 1 is 1.52 bits per heavy atom. The zero-order valence-corrected chi connectivity index (χ0v) is 13.6. The molecule has 3 heterocycles. The van der Waals surface area contributed by atoms with Gasteiger partial charge in [0.15, 0.2) is 0 Å². The van der Waals surface area contributed by atoms with E-state index in [2.05, 4.69) is 16.5 Å². The first-order valence-electron chi connectivity index (χ1n) is 7.34. The van der Waals surface area contributed by atoms with E-state index in [9.17, 15) is 10.2 Å². The highest BCUT2D eigenvalue weighted by Gasteiger charge is 2.36. The minimum atomic E-state index is -0.682. The summed E-state index contributed by atoms with van der Waals surface area (Å²) in [5, 5.41) is 21.2. The Balaban J connectivity index is 1.94. The number of anilines is 1. The lowest BCUT2D eigenvalue weighted by Crippen LogP contribution is -2.33. The summed E-state index contributed by atoms with van der Waals surface area (Å²) in [5.74, 6) is 0.689. The number of aliphatic hydroxyl groups is 2. The van der Waals surface area contributed by atoms with E-state index in [1.54, 1.807) is 17.4 Å². The van der Waals surface area contributed by atoms with Crippen molar-refractivity contribution in [2.45, 2.75) is 24.9 Å². The smallest absolute Gasteiger partial charge is 0.141 e. The molecule has 3 atom stereocenters. The first kappa shape index (κ1) is 16.1. The van der Waals surface area contributed by atoms with Crippen molar-refractivity contribution >= 4 is 23.2 Å². The van der Waals surface area contributed by atoms with Crippen LogP contribution in [0.2, 0.25) is 0 Å². The van der Waals surface area contributed by atoms with E-state index in [4.69, 9.17) is 4.74 Å². The molecule has 1 aliphatic heterocycles. The highest BCUT2D eigenvalue weighted by Crippen LogP contribution is 2.33. The maximum atomic E-state index is 9.92. The zero-order chi connectivity index (χ0) is 16.4. The molecule has 0 unspecified atom stereocenters. The van der Waals surface area contributed by atoms with Crippen LogP contribution in [0.3, 0.4) is 0 Å². The van der Waals surface area contributed by atoms with Gasteiger partial charge in [-0.25, -0.2) is 9.97 Å². The lowest BCUT2D eigenvalue weighted by atomic mass is 10.1. The van der Waals surface area contributed by atoms with Crippen LogP contribution in [-0.2, 0) is 4.74 Å². The second-order valence-electron chi connectivity index (χ2n) is 5.37. The van der Waals surface area contributed by atoms with Crippen molar-refractivity contribution in [1.29, 1.82) is 0 Å². The molecule has 3 rings (SSSR count). The third-order valence-electron chi connectivity index (χ3n) is 3.97. The molecule has 2 aromatic rings. The minimum absolute atomic E-state index is 0.204. The van der Waals surface area contributed by atoms with Gasteiger partial charge in [-0.05, 0) is 11.4 Å². The molecule has 6 nitrogen and oxygen atoms in total. The molecule has 2 N–H and O–H groups in total. The van der Waals surface area contributed by atoms with Gasteiger partial charge in [0.05, 0.1) is 23.3 Å². The first-order chi connectivity index (χ1) is 11.2. The van der Waals surface area contributed by atoms with Crippen LogP contribution in [0.15, 0.2) is 30.4 Å². The van der Waals surface area contributed by atoms with Gasteiger partial charge in [-0.3, -0.25) is 0 Å². The molecule has 0 aliphatic carbocycles. The van der Waals surface area contributed by atoms with Crippen molar-refractivity contribution in [3.05, 3.63) is 36.0 Å².